The molecule has 2 rings (SSSR count). The monoisotopic (exact) mass is 280 g/mol. The van der Waals surface area contributed by atoms with Crippen LogP contribution in [0.15, 0.2) is 23.6 Å². The summed E-state index contributed by atoms with van der Waals surface area (Å²) in [5.74, 6) is -1.19. The molecule has 0 atom stereocenters. The Bertz CT molecular complexity index is 578. The van der Waals surface area contributed by atoms with Crippen molar-refractivity contribution >= 4 is 28.1 Å². The van der Waals surface area contributed by atoms with Gasteiger partial charge in [0.1, 0.15) is 5.82 Å². The first kappa shape index (κ1) is 13.5. The molecule has 0 amide bonds. The van der Waals surface area contributed by atoms with Gasteiger partial charge in [-0.15, -0.1) is 11.3 Å². The van der Waals surface area contributed by atoms with Gasteiger partial charge in [-0.1, -0.05) is 12.1 Å². The van der Waals surface area contributed by atoms with Crippen molar-refractivity contribution in [1.29, 1.82) is 0 Å². The molecule has 0 saturated carbocycles. The van der Waals surface area contributed by atoms with E-state index in [-0.39, 0.29) is 12.2 Å². The number of aliphatic carboxylic acids is 1. The summed E-state index contributed by atoms with van der Waals surface area (Å²) >= 11 is 1.33. The average molecular weight is 280 g/mol. The quantitative estimate of drug-likeness (QED) is 0.881. The highest BCUT2D eigenvalue weighted by molar-refractivity contribution is 7.13. The van der Waals surface area contributed by atoms with Crippen molar-refractivity contribution in [3.8, 4) is 0 Å². The van der Waals surface area contributed by atoms with E-state index in [0.29, 0.717) is 22.9 Å². The van der Waals surface area contributed by atoms with Crippen molar-refractivity contribution in [2.75, 3.05) is 5.32 Å². The number of carboxylic acids is 1. The fourth-order valence-electron chi connectivity index (χ4n) is 1.61. The molecule has 0 unspecified atom stereocenters. The van der Waals surface area contributed by atoms with Crippen LogP contribution in [0.5, 0.6) is 0 Å². The summed E-state index contributed by atoms with van der Waals surface area (Å²) in [5.41, 5.74) is 1.90. The predicted octanol–water partition coefficient (Wildman–Crippen LogP) is 3.35. The maximum atomic E-state index is 13.6. The van der Waals surface area contributed by atoms with Crippen LogP contribution in [0.4, 0.5) is 15.2 Å². The summed E-state index contributed by atoms with van der Waals surface area (Å²) in [6, 6.07) is 4.84. The van der Waals surface area contributed by atoms with E-state index in [1.54, 1.807) is 11.4 Å². The fraction of sp³-hybridized carbons (Fsp3) is 0.231. The van der Waals surface area contributed by atoms with Gasteiger partial charge in [0.25, 0.3) is 0 Å². The van der Waals surface area contributed by atoms with Gasteiger partial charge in [-0.2, -0.15) is 0 Å². The predicted molar refractivity (Wildman–Crippen MR) is 72.5 cm³/mol. The topological polar surface area (TPSA) is 62.2 Å². The van der Waals surface area contributed by atoms with Crippen molar-refractivity contribution in [2.45, 2.75) is 19.8 Å². The molecule has 1 heterocycles. The standard InChI is InChI=1S/C13H13FN2O2S/c1-8-3-2-4-10(14)12(8)16-13-15-9(7-19-13)5-6-11(17)18/h2-4,7H,5-6H2,1H3,(H,15,16)(H,17,18). The third-order valence-corrected chi connectivity index (χ3v) is 3.41. The second-order valence-electron chi connectivity index (χ2n) is 4.09. The Morgan fingerprint density at radius 1 is 1.53 bits per heavy atom. The zero-order valence-corrected chi connectivity index (χ0v) is 11.1. The van der Waals surface area contributed by atoms with Crippen LogP contribution in [0.25, 0.3) is 0 Å². The van der Waals surface area contributed by atoms with Crippen molar-refractivity contribution < 1.29 is 14.3 Å². The molecule has 4 nitrogen and oxygen atoms in total. The van der Waals surface area contributed by atoms with Gasteiger partial charge in [-0.3, -0.25) is 4.79 Å². The summed E-state index contributed by atoms with van der Waals surface area (Å²) in [6.45, 7) is 1.81. The number of para-hydroxylation sites is 1. The van der Waals surface area contributed by atoms with Crippen LogP contribution in [0.1, 0.15) is 17.7 Å². The van der Waals surface area contributed by atoms with Crippen molar-refractivity contribution in [1.82, 2.24) is 4.98 Å². The summed E-state index contributed by atoms with van der Waals surface area (Å²) < 4.78 is 13.6. The number of carbonyl (C=O) groups is 1. The first-order valence-corrected chi connectivity index (χ1v) is 6.62. The summed E-state index contributed by atoms with van der Waals surface area (Å²) in [4.78, 5) is 14.7. The molecule has 2 N–H and O–H groups in total. The highest BCUT2D eigenvalue weighted by Crippen LogP contribution is 2.26. The van der Waals surface area contributed by atoms with Crippen molar-refractivity contribution in [3.63, 3.8) is 0 Å². The lowest BCUT2D eigenvalue weighted by molar-refractivity contribution is -0.136. The van der Waals surface area contributed by atoms with E-state index < -0.39 is 5.97 Å². The van der Waals surface area contributed by atoms with Gasteiger partial charge in [-0.05, 0) is 18.6 Å². The summed E-state index contributed by atoms with van der Waals surface area (Å²) in [6.07, 6.45) is 0.422. The molecule has 0 aliphatic rings. The maximum Gasteiger partial charge on any atom is 0.303 e. The smallest absolute Gasteiger partial charge is 0.303 e. The lowest BCUT2D eigenvalue weighted by Crippen LogP contribution is -1.99. The number of hydrogen-bond acceptors (Lipinski definition) is 4. The third kappa shape index (κ3) is 3.51. The second-order valence-corrected chi connectivity index (χ2v) is 4.95. The Balaban J connectivity index is 2.09. The van der Waals surface area contributed by atoms with Crippen LogP contribution in [0, 0.1) is 12.7 Å². The molecular formula is C13H13FN2O2S. The van der Waals surface area contributed by atoms with Crippen molar-refractivity contribution in [2.24, 2.45) is 0 Å². The molecule has 0 fully saturated rings. The number of benzene rings is 1. The van der Waals surface area contributed by atoms with Gasteiger partial charge in [-0.25, -0.2) is 9.37 Å². The molecule has 0 bridgehead atoms. The fourth-order valence-corrected chi connectivity index (χ4v) is 2.36. The van der Waals surface area contributed by atoms with E-state index in [2.05, 4.69) is 10.3 Å². The molecular weight excluding hydrogens is 267 g/mol. The number of rotatable bonds is 5. The van der Waals surface area contributed by atoms with Crippen molar-refractivity contribution in [3.05, 3.63) is 40.7 Å². The second kappa shape index (κ2) is 5.79. The molecule has 19 heavy (non-hydrogen) atoms. The lowest BCUT2D eigenvalue weighted by atomic mass is 10.2. The first-order valence-electron chi connectivity index (χ1n) is 5.74. The van der Waals surface area contributed by atoms with Gasteiger partial charge in [0.05, 0.1) is 17.8 Å². The van der Waals surface area contributed by atoms with E-state index in [1.807, 2.05) is 13.0 Å². The molecule has 1 aromatic heterocycles. The SMILES string of the molecule is Cc1cccc(F)c1Nc1nc(CCC(=O)O)cs1. The highest BCUT2D eigenvalue weighted by Gasteiger charge is 2.09. The summed E-state index contributed by atoms with van der Waals surface area (Å²) in [5, 5.41) is 13.9. The number of halogens is 1. The lowest BCUT2D eigenvalue weighted by Gasteiger charge is -2.07. The number of nitrogens with one attached hydrogen (secondary N) is 1. The molecule has 2 aromatic rings. The van der Waals surface area contributed by atoms with Gasteiger partial charge >= 0.3 is 5.97 Å². The molecule has 0 radical (unpaired) electrons. The molecule has 1 aromatic carbocycles. The zero-order valence-electron chi connectivity index (χ0n) is 10.3. The number of nitrogens with zero attached hydrogens (tertiary/aromatic N) is 1. The van der Waals surface area contributed by atoms with E-state index in [4.69, 9.17) is 5.11 Å². The highest BCUT2D eigenvalue weighted by atomic mass is 32.1. The first-order chi connectivity index (χ1) is 9.06. The minimum Gasteiger partial charge on any atom is -0.481 e. The van der Waals surface area contributed by atoms with Gasteiger partial charge in [0, 0.05) is 11.8 Å². The minimum absolute atomic E-state index is 0.0436. The molecule has 0 aliphatic carbocycles. The number of anilines is 2. The number of aryl methyl sites for hydroxylation is 2. The van der Waals surface area contributed by atoms with Crippen LogP contribution in [0.2, 0.25) is 0 Å². The molecule has 0 aliphatic heterocycles. The minimum atomic E-state index is -0.854. The Hall–Kier alpha value is -1.95. The van der Waals surface area contributed by atoms with Gasteiger partial charge in [0.2, 0.25) is 0 Å². The van der Waals surface area contributed by atoms with E-state index in [1.165, 1.54) is 17.4 Å². The van der Waals surface area contributed by atoms with Gasteiger partial charge < -0.3 is 10.4 Å². The number of thiazole rings is 1. The molecule has 0 saturated heterocycles. The van der Waals surface area contributed by atoms with Crippen LogP contribution in [-0.2, 0) is 11.2 Å². The Morgan fingerprint density at radius 3 is 3.00 bits per heavy atom. The van der Waals surface area contributed by atoms with Crippen LogP contribution >= 0.6 is 11.3 Å². The number of carboxylic acid groups (broad SMARTS) is 1. The third-order valence-electron chi connectivity index (χ3n) is 2.60. The zero-order chi connectivity index (χ0) is 13.8. The maximum absolute atomic E-state index is 13.6. The Morgan fingerprint density at radius 2 is 2.32 bits per heavy atom. The largest absolute Gasteiger partial charge is 0.481 e. The molecule has 100 valence electrons. The molecule has 6 heteroatoms. The van der Waals surface area contributed by atoms with Crippen LogP contribution in [-0.4, -0.2) is 16.1 Å². The van der Waals surface area contributed by atoms with Gasteiger partial charge in [0.15, 0.2) is 5.13 Å². The number of aromatic nitrogens is 1. The summed E-state index contributed by atoms with van der Waals surface area (Å²) in [7, 11) is 0. The van der Waals surface area contributed by atoms with E-state index in [9.17, 15) is 9.18 Å². The van der Waals surface area contributed by atoms with Crippen LogP contribution < -0.4 is 5.32 Å². The van der Waals surface area contributed by atoms with Crippen LogP contribution in [0.3, 0.4) is 0 Å². The Kier molecular flexibility index (Phi) is 4.11. The average Bonchev–Trinajstić information content (AvgIpc) is 2.79. The van der Waals surface area contributed by atoms with E-state index in [0.717, 1.165) is 5.56 Å². The number of hydrogen-bond donors (Lipinski definition) is 2. The molecule has 0 spiro atoms. The normalized spacial score (nSPS) is 10.4. The van der Waals surface area contributed by atoms with E-state index >= 15 is 0 Å². The Labute approximate surface area is 113 Å².